The van der Waals surface area contributed by atoms with Crippen LogP contribution in [0.5, 0.6) is 0 Å². The second-order valence-corrected chi connectivity index (χ2v) is 9.98. The van der Waals surface area contributed by atoms with Crippen molar-refractivity contribution in [1.82, 2.24) is 25.0 Å². The number of aromatic nitrogens is 5. The van der Waals surface area contributed by atoms with E-state index in [4.69, 9.17) is 10.5 Å². The van der Waals surface area contributed by atoms with Gasteiger partial charge in [-0.05, 0) is 25.0 Å². The van der Waals surface area contributed by atoms with E-state index >= 15 is 0 Å². The molecule has 0 bridgehead atoms. The van der Waals surface area contributed by atoms with Crippen LogP contribution in [0.25, 0.3) is 22.4 Å². The Kier molecular flexibility index (Phi) is 5.07. The van der Waals surface area contributed by atoms with E-state index in [2.05, 4.69) is 30.3 Å². The Morgan fingerprint density at radius 3 is 2.69 bits per heavy atom. The summed E-state index contributed by atoms with van der Waals surface area (Å²) in [4.78, 5) is 12.5. The van der Waals surface area contributed by atoms with Gasteiger partial charge in [0, 0.05) is 25.1 Å². The van der Waals surface area contributed by atoms with E-state index in [9.17, 15) is 17.4 Å². The summed E-state index contributed by atoms with van der Waals surface area (Å²) < 4.78 is 61.1. The molecule has 0 spiro atoms. The zero-order valence-corrected chi connectivity index (χ0v) is 18.0. The third-order valence-corrected chi connectivity index (χ3v) is 7.48. The predicted molar refractivity (Wildman–Crippen MR) is 114 cm³/mol. The Labute approximate surface area is 180 Å². The summed E-state index contributed by atoms with van der Waals surface area (Å²) in [5, 5.41) is 10.7. The van der Waals surface area contributed by atoms with Crippen LogP contribution in [0.1, 0.15) is 24.1 Å². The maximum atomic E-state index is 13.4. The second-order valence-electron chi connectivity index (χ2n) is 7.51. The lowest BCUT2D eigenvalue weighted by Crippen LogP contribution is -2.23. The first-order valence-electron chi connectivity index (χ1n) is 9.44. The van der Waals surface area contributed by atoms with Crippen molar-refractivity contribution in [1.29, 1.82) is 4.78 Å². The topological polar surface area (TPSA) is 151 Å². The standard InChI is InChI=1S/C18H20F3N9OS/c1-24-16(25-9-22)12-7-10(17(4-5-17)32(2,23)31)15-14(27-12)13(11-3-6-26-28-11)29-30(15)8-18(19,20)21/h3,6-7,9,23H,4-5,8H2,1-2H3,(H,26,28)(H2,22,24,25). The molecule has 32 heavy (non-hydrogen) atoms. The van der Waals surface area contributed by atoms with Gasteiger partial charge >= 0.3 is 6.18 Å². The Morgan fingerprint density at radius 2 is 2.19 bits per heavy atom. The third kappa shape index (κ3) is 3.63. The van der Waals surface area contributed by atoms with E-state index in [0.29, 0.717) is 24.1 Å². The number of rotatable bonds is 5. The van der Waals surface area contributed by atoms with Gasteiger partial charge < -0.3 is 5.73 Å². The molecule has 4 rings (SSSR count). The second kappa shape index (κ2) is 7.39. The lowest BCUT2D eigenvalue weighted by Gasteiger charge is -2.19. The number of H-pyrrole nitrogens is 1. The van der Waals surface area contributed by atoms with Crippen LogP contribution >= 0.6 is 0 Å². The highest BCUT2D eigenvalue weighted by molar-refractivity contribution is 7.93. The fourth-order valence-electron chi connectivity index (χ4n) is 3.79. The van der Waals surface area contributed by atoms with Crippen LogP contribution in [0, 0.1) is 4.78 Å². The third-order valence-electron chi connectivity index (χ3n) is 5.36. The first-order chi connectivity index (χ1) is 15.0. The molecule has 10 nitrogen and oxygen atoms in total. The van der Waals surface area contributed by atoms with Gasteiger partial charge in [0.1, 0.15) is 23.4 Å². The van der Waals surface area contributed by atoms with Crippen molar-refractivity contribution in [2.45, 2.75) is 30.3 Å². The van der Waals surface area contributed by atoms with Gasteiger partial charge in [-0.1, -0.05) is 0 Å². The number of fused-ring (bicyclic) bond motifs is 1. The molecule has 14 heteroatoms. The highest BCUT2D eigenvalue weighted by Gasteiger charge is 2.53. The molecule has 0 saturated heterocycles. The Hall–Kier alpha value is -3.29. The number of aliphatic imine (C=N–C) groups is 2. The Morgan fingerprint density at radius 1 is 1.47 bits per heavy atom. The lowest BCUT2D eigenvalue weighted by atomic mass is 10.1. The molecule has 1 saturated carbocycles. The number of pyridine rings is 1. The van der Waals surface area contributed by atoms with Crippen molar-refractivity contribution in [3.05, 3.63) is 29.6 Å². The number of amidine groups is 1. The zero-order chi connectivity index (χ0) is 23.3. The van der Waals surface area contributed by atoms with Crippen LogP contribution in [-0.4, -0.2) is 60.8 Å². The van der Waals surface area contributed by atoms with Gasteiger partial charge in [0.05, 0.1) is 32.0 Å². The van der Waals surface area contributed by atoms with Crippen LogP contribution < -0.4 is 5.73 Å². The number of hydrogen-bond donors (Lipinski definition) is 3. The van der Waals surface area contributed by atoms with Crippen molar-refractivity contribution >= 4 is 32.9 Å². The summed E-state index contributed by atoms with van der Waals surface area (Å²) in [6.45, 7) is -1.37. The summed E-state index contributed by atoms with van der Waals surface area (Å²) in [6.07, 6.45) is -0.0294. The van der Waals surface area contributed by atoms with Gasteiger partial charge in [-0.15, -0.1) is 0 Å². The molecule has 0 aromatic carbocycles. The molecule has 1 aliphatic carbocycles. The quantitative estimate of drug-likeness (QED) is 0.389. The lowest BCUT2D eigenvalue weighted by molar-refractivity contribution is -0.141. The minimum Gasteiger partial charge on any atom is -0.390 e. The molecule has 3 heterocycles. The summed E-state index contributed by atoms with van der Waals surface area (Å²) in [7, 11) is -1.71. The molecule has 0 amide bonds. The largest absolute Gasteiger partial charge is 0.408 e. The van der Waals surface area contributed by atoms with Crippen molar-refractivity contribution in [2.24, 2.45) is 15.7 Å². The van der Waals surface area contributed by atoms with Gasteiger partial charge in [0.25, 0.3) is 0 Å². The van der Waals surface area contributed by atoms with E-state index in [1.54, 1.807) is 6.07 Å². The molecule has 3 aromatic rings. The van der Waals surface area contributed by atoms with Crippen molar-refractivity contribution < 1.29 is 17.4 Å². The average molecular weight is 467 g/mol. The maximum Gasteiger partial charge on any atom is 0.408 e. The molecule has 0 aliphatic heterocycles. The van der Waals surface area contributed by atoms with Crippen molar-refractivity contribution in [3.8, 4) is 11.4 Å². The van der Waals surface area contributed by atoms with Crippen LogP contribution in [0.15, 0.2) is 28.3 Å². The smallest absolute Gasteiger partial charge is 0.390 e. The van der Waals surface area contributed by atoms with Crippen molar-refractivity contribution in [2.75, 3.05) is 13.3 Å². The number of nitrogens with two attached hydrogens (primary N) is 1. The number of hydrogen-bond acceptors (Lipinski definition) is 6. The van der Waals surface area contributed by atoms with Gasteiger partial charge in [-0.3, -0.25) is 19.6 Å². The minimum absolute atomic E-state index is 0.0715. The first kappa shape index (κ1) is 21.9. The van der Waals surface area contributed by atoms with Crippen LogP contribution in [0.2, 0.25) is 0 Å². The van der Waals surface area contributed by atoms with E-state index in [-0.39, 0.29) is 28.3 Å². The molecular weight excluding hydrogens is 447 g/mol. The highest BCUT2D eigenvalue weighted by atomic mass is 32.2. The predicted octanol–water partition coefficient (Wildman–Crippen LogP) is 2.41. The summed E-state index contributed by atoms with van der Waals surface area (Å²) >= 11 is 0. The average Bonchev–Trinajstić information content (AvgIpc) is 3.22. The van der Waals surface area contributed by atoms with Gasteiger partial charge in [0.2, 0.25) is 0 Å². The summed E-state index contributed by atoms with van der Waals surface area (Å²) in [6, 6.07) is 3.05. The Balaban J connectivity index is 2.13. The molecule has 170 valence electrons. The molecule has 1 aliphatic rings. The van der Waals surface area contributed by atoms with E-state index < -0.39 is 27.2 Å². The number of nitrogens with one attached hydrogen (secondary N) is 2. The molecule has 4 N–H and O–H groups in total. The monoisotopic (exact) mass is 467 g/mol. The van der Waals surface area contributed by atoms with Gasteiger partial charge in [-0.2, -0.15) is 23.4 Å². The maximum absolute atomic E-state index is 13.4. The minimum atomic E-state index is -4.56. The van der Waals surface area contributed by atoms with Gasteiger partial charge in [-0.25, -0.2) is 14.2 Å². The number of alkyl halides is 3. The number of aromatic amines is 1. The fraction of sp³-hybridized carbons (Fsp3) is 0.389. The summed E-state index contributed by atoms with van der Waals surface area (Å²) in [5.74, 6) is 0.137. The van der Waals surface area contributed by atoms with E-state index in [1.807, 2.05) is 0 Å². The summed E-state index contributed by atoms with van der Waals surface area (Å²) in [5.41, 5.74) is 6.64. The number of halogens is 3. The van der Waals surface area contributed by atoms with Crippen LogP contribution in [0.3, 0.4) is 0 Å². The van der Waals surface area contributed by atoms with Crippen molar-refractivity contribution in [3.63, 3.8) is 0 Å². The highest BCUT2D eigenvalue weighted by Crippen LogP contribution is 2.55. The molecule has 1 unspecified atom stereocenters. The number of nitrogens with zero attached hydrogens (tertiary/aromatic N) is 6. The Bertz CT molecular complexity index is 1330. The SMILES string of the molecule is CN=C(N=CN)c1cc(C2(S(C)(=N)=O)CC2)c2c(n1)c(-c1ccn[nH]1)nn2CC(F)(F)F. The normalized spacial score (nSPS) is 18.3. The molecule has 1 fully saturated rings. The fourth-order valence-corrected chi connectivity index (χ4v) is 5.25. The van der Waals surface area contributed by atoms with Crippen LogP contribution in [-0.2, 0) is 21.0 Å². The molecule has 0 radical (unpaired) electrons. The molecular formula is C18H20F3N9OS. The zero-order valence-electron chi connectivity index (χ0n) is 17.1. The van der Waals surface area contributed by atoms with E-state index in [1.165, 1.54) is 25.6 Å². The first-order valence-corrected chi connectivity index (χ1v) is 11.4. The van der Waals surface area contributed by atoms with Gasteiger partial charge in [0.15, 0.2) is 5.84 Å². The molecule has 3 aromatic heterocycles. The van der Waals surface area contributed by atoms with Crippen LogP contribution in [0.4, 0.5) is 13.2 Å². The molecule has 1 atom stereocenters. The van der Waals surface area contributed by atoms with E-state index in [0.717, 1.165) is 11.0 Å².